The Morgan fingerprint density at radius 2 is 1.96 bits per heavy atom. The van der Waals surface area contributed by atoms with Crippen molar-refractivity contribution in [3.05, 3.63) is 36.5 Å². The minimum absolute atomic E-state index is 0.0264. The number of fused-ring (bicyclic) bond motifs is 1. The number of nitrogens with one attached hydrogen (secondary N) is 1. The molecule has 0 atom stereocenters. The van der Waals surface area contributed by atoms with Gasteiger partial charge in [-0.3, -0.25) is 0 Å². The van der Waals surface area contributed by atoms with Crippen molar-refractivity contribution in [1.29, 1.82) is 0 Å². The average Bonchev–Trinajstić information content (AvgIpc) is 3.28. The van der Waals surface area contributed by atoms with E-state index in [-0.39, 0.29) is 5.54 Å². The molecule has 3 aromatic rings. The number of aryl methyl sites for hydroxylation is 1. The van der Waals surface area contributed by atoms with Crippen LogP contribution in [0.5, 0.6) is 0 Å². The Morgan fingerprint density at radius 1 is 1.24 bits per heavy atom. The minimum Gasteiger partial charge on any atom is -0.346 e. The second-order valence-corrected chi connectivity index (χ2v) is 6.01. The van der Waals surface area contributed by atoms with Gasteiger partial charge in [0.2, 0.25) is 0 Å². The SMILES string of the molecule is C#CCC(CC)(CC)n1cc(-c2ncnc3[nH]ccc23)cc1C.CC. The molecule has 0 fully saturated rings. The fourth-order valence-electron chi connectivity index (χ4n) is 3.43. The molecule has 3 rings (SSSR count). The van der Waals surface area contributed by atoms with Crippen LogP contribution in [0.2, 0.25) is 0 Å². The summed E-state index contributed by atoms with van der Waals surface area (Å²) in [4.78, 5) is 11.9. The van der Waals surface area contributed by atoms with Crippen molar-refractivity contribution in [2.75, 3.05) is 0 Å². The molecule has 0 bridgehead atoms. The van der Waals surface area contributed by atoms with Gasteiger partial charge in [0.1, 0.15) is 12.0 Å². The van der Waals surface area contributed by atoms with Crippen LogP contribution in [0.25, 0.3) is 22.3 Å². The summed E-state index contributed by atoms with van der Waals surface area (Å²) in [6.45, 7) is 10.5. The summed E-state index contributed by atoms with van der Waals surface area (Å²) in [6.07, 6.45) is 14.1. The summed E-state index contributed by atoms with van der Waals surface area (Å²) >= 11 is 0. The standard InChI is InChI=1S/C19H22N4.C2H6/c1-5-9-19(6-2,7-3)23-12-15(11-14(23)4)17-16-8-10-20-18(16)22-13-21-17;1-2/h1,8,10-13H,6-7,9H2,2-4H3,(H,20,21,22);1-2H3. The quantitative estimate of drug-likeness (QED) is 0.643. The van der Waals surface area contributed by atoms with Gasteiger partial charge in [0.15, 0.2) is 0 Å². The van der Waals surface area contributed by atoms with E-state index in [1.54, 1.807) is 6.33 Å². The molecular weight excluding hydrogens is 308 g/mol. The zero-order valence-corrected chi connectivity index (χ0v) is 15.9. The first-order chi connectivity index (χ1) is 12.1. The van der Waals surface area contributed by atoms with Crippen LogP contribution in [0.1, 0.15) is 52.7 Å². The number of nitrogens with zero attached hydrogens (tertiary/aromatic N) is 3. The van der Waals surface area contributed by atoms with E-state index in [9.17, 15) is 0 Å². The van der Waals surface area contributed by atoms with Crippen molar-refractivity contribution in [2.24, 2.45) is 0 Å². The molecule has 0 saturated heterocycles. The van der Waals surface area contributed by atoms with Gasteiger partial charge in [0, 0.05) is 35.5 Å². The molecule has 0 aliphatic carbocycles. The van der Waals surface area contributed by atoms with Crippen LogP contribution in [-0.2, 0) is 5.54 Å². The average molecular weight is 336 g/mol. The van der Waals surface area contributed by atoms with Crippen LogP contribution in [0.15, 0.2) is 30.9 Å². The summed E-state index contributed by atoms with van der Waals surface area (Å²) in [5.74, 6) is 2.86. The molecule has 1 N–H and O–H groups in total. The Kier molecular flexibility index (Phi) is 6.03. The maximum absolute atomic E-state index is 5.64. The molecule has 4 nitrogen and oxygen atoms in total. The molecule has 0 radical (unpaired) electrons. The van der Waals surface area contributed by atoms with Crippen LogP contribution in [0.4, 0.5) is 0 Å². The van der Waals surface area contributed by atoms with Gasteiger partial charge >= 0.3 is 0 Å². The van der Waals surface area contributed by atoms with Gasteiger partial charge < -0.3 is 9.55 Å². The molecule has 4 heteroatoms. The van der Waals surface area contributed by atoms with Crippen molar-refractivity contribution in [3.63, 3.8) is 0 Å². The van der Waals surface area contributed by atoms with E-state index in [1.807, 2.05) is 26.1 Å². The molecule has 132 valence electrons. The lowest BCUT2D eigenvalue weighted by Crippen LogP contribution is -2.32. The third kappa shape index (κ3) is 3.32. The molecule has 0 spiro atoms. The highest BCUT2D eigenvalue weighted by atomic mass is 15.1. The van der Waals surface area contributed by atoms with Crippen molar-refractivity contribution in [3.8, 4) is 23.6 Å². The van der Waals surface area contributed by atoms with Crippen molar-refractivity contribution >= 4 is 11.0 Å². The predicted octanol–water partition coefficient (Wildman–Crippen LogP) is 5.30. The van der Waals surface area contributed by atoms with Gasteiger partial charge in [-0.25, -0.2) is 9.97 Å². The van der Waals surface area contributed by atoms with Crippen LogP contribution in [-0.4, -0.2) is 19.5 Å². The number of terminal acetylenes is 1. The largest absolute Gasteiger partial charge is 0.346 e. The Labute approximate surface area is 150 Å². The van der Waals surface area contributed by atoms with E-state index in [4.69, 9.17) is 6.42 Å². The minimum atomic E-state index is -0.0264. The van der Waals surface area contributed by atoms with E-state index in [2.05, 4.69) is 58.5 Å². The molecule has 3 heterocycles. The van der Waals surface area contributed by atoms with E-state index < -0.39 is 0 Å². The topological polar surface area (TPSA) is 46.5 Å². The zero-order valence-electron chi connectivity index (χ0n) is 15.9. The highest BCUT2D eigenvalue weighted by molar-refractivity contribution is 5.90. The van der Waals surface area contributed by atoms with Crippen LogP contribution in [0.3, 0.4) is 0 Å². The molecule has 0 saturated carbocycles. The van der Waals surface area contributed by atoms with Gasteiger partial charge in [0.25, 0.3) is 0 Å². The van der Waals surface area contributed by atoms with Crippen molar-refractivity contribution in [2.45, 2.75) is 59.4 Å². The smallest absolute Gasteiger partial charge is 0.141 e. The second kappa shape index (κ2) is 8.02. The molecule has 0 aliphatic rings. The summed E-state index contributed by atoms with van der Waals surface area (Å²) in [7, 11) is 0. The molecule has 25 heavy (non-hydrogen) atoms. The first kappa shape index (κ1) is 18.8. The van der Waals surface area contributed by atoms with Crippen molar-refractivity contribution < 1.29 is 0 Å². The third-order valence-corrected chi connectivity index (χ3v) is 4.90. The fourth-order valence-corrected chi connectivity index (χ4v) is 3.43. The van der Waals surface area contributed by atoms with E-state index in [0.717, 1.165) is 41.6 Å². The third-order valence-electron chi connectivity index (χ3n) is 4.90. The molecule has 0 amide bonds. The van der Waals surface area contributed by atoms with Crippen LogP contribution in [0, 0.1) is 19.3 Å². The fraction of sp³-hybridized carbons (Fsp3) is 0.429. The Morgan fingerprint density at radius 3 is 2.60 bits per heavy atom. The monoisotopic (exact) mass is 336 g/mol. The second-order valence-electron chi connectivity index (χ2n) is 6.01. The maximum Gasteiger partial charge on any atom is 0.141 e. The summed E-state index contributed by atoms with van der Waals surface area (Å²) < 4.78 is 2.34. The lowest BCUT2D eigenvalue weighted by Gasteiger charge is -2.33. The number of hydrogen-bond acceptors (Lipinski definition) is 2. The summed E-state index contributed by atoms with van der Waals surface area (Å²) in [6, 6.07) is 4.21. The normalized spacial score (nSPS) is 11.0. The number of aromatic nitrogens is 4. The molecule has 0 aliphatic heterocycles. The van der Waals surface area contributed by atoms with Crippen LogP contribution < -0.4 is 0 Å². The number of aromatic amines is 1. The maximum atomic E-state index is 5.64. The van der Waals surface area contributed by atoms with Gasteiger partial charge in [-0.05, 0) is 31.9 Å². The van der Waals surface area contributed by atoms with E-state index >= 15 is 0 Å². The van der Waals surface area contributed by atoms with E-state index in [0.29, 0.717) is 0 Å². The highest BCUT2D eigenvalue weighted by Gasteiger charge is 2.29. The first-order valence-electron chi connectivity index (χ1n) is 9.06. The first-order valence-corrected chi connectivity index (χ1v) is 9.06. The zero-order chi connectivity index (χ0) is 18.4. The van der Waals surface area contributed by atoms with Crippen molar-refractivity contribution in [1.82, 2.24) is 19.5 Å². The highest BCUT2D eigenvalue weighted by Crippen LogP contribution is 2.34. The molecule has 3 aromatic heterocycles. The van der Waals surface area contributed by atoms with Gasteiger partial charge in [-0.1, -0.05) is 27.7 Å². The van der Waals surface area contributed by atoms with Crippen LogP contribution >= 0.6 is 0 Å². The molecule has 0 unspecified atom stereocenters. The Bertz CT molecular complexity index is 860. The number of H-pyrrole nitrogens is 1. The van der Waals surface area contributed by atoms with Gasteiger partial charge in [-0.2, -0.15) is 0 Å². The Hall–Kier alpha value is -2.54. The lowest BCUT2D eigenvalue weighted by atomic mass is 9.88. The Balaban J connectivity index is 0.00000109. The summed E-state index contributed by atoms with van der Waals surface area (Å²) in [5, 5.41) is 1.04. The van der Waals surface area contributed by atoms with Gasteiger partial charge in [-0.15, -0.1) is 12.3 Å². The number of rotatable bonds is 5. The predicted molar refractivity (Wildman–Crippen MR) is 105 cm³/mol. The summed E-state index contributed by atoms with van der Waals surface area (Å²) in [5.41, 5.74) is 4.11. The molecule has 0 aromatic carbocycles. The van der Waals surface area contributed by atoms with Gasteiger partial charge in [0.05, 0.1) is 11.2 Å². The van der Waals surface area contributed by atoms with E-state index in [1.165, 1.54) is 5.69 Å². The number of hydrogen-bond donors (Lipinski definition) is 1. The lowest BCUT2D eigenvalue weighted by molar-refractivity contribution is 0.265. The molecular formula is C21H28N4.